The molecule has 0 N–H and O–H groups in total. The number of ether oxygens (including phenoxy) is 1. The topological polar surface area (TPSA) is 26.3 Å². The molecule has 0 aliphatic heterocycles. The van der Waals surface area contributed by atoms with Crippen LogP contribution in [0, 0.1) is 11.2 Å². The van der Waals surface area contributed by atoms with Crippen molar-refractivity contribution in [3.63, 3.8) is 0 Å². The summed E-state index contributed by atoms with van der Waals surface area (Å²) in [6.07, 6.45) is 0.636. The Labute approximate surface area is 128 Å². The van der Waals surface area contributed by atoms with Gasteiger partial charge in [-0.1, -0.05) is 29.8 Å². The number of benzene rings is 1. The highest BCUT2D eigenvalue weighted by molar-refractivity contribution is 9.10. The molecule has 0 amide bonds. The fraction of sp³-hybridized carbons (Fsp3) is 0.562. The van der Waals surface area contributed by atoms with Crippen molar-refractivity contribution in [2.75, 3.05) is 6.61 Å². The molecule has 112 valence electrons. The van der Waals surface area contributed by atoms with Gasteiger partial charge in [0, 0.05) is 4.47 Å². The summed E-state index contributed by atoms with van der Waals surface area (Å²) in [6, 6.07) is 4.65. The van der Waals surface area contributed by atoms with E-state index in [9.17, 15) is 9.18 Å². The number of halogens is 2. The Hall–Kier alpha value is -0.900. The van der Waals surface area contributed by atoms with Gasteiger partial charge in [-0.3, -0.25) is 4.79 Å². The Kier molecular flexibility index (Phi) is 5.36. The molecule has 0 aromatic heterocycles. The number of rotatable bonds is 4. The van der Waals surface area contributed by atoms with Crippen molar-refractivity contribution in [3.8, 4) is 0 Å². The SMILES string of the molecule is CC(C)(C)C(=O)OCCC(C)(C)c1cc(F)ccc1Br. The summed E-state index contributed by atoms with van der Waals surface area (Å²) >= 11 is 3.44. The maximum atomic E-state index is 13.4. The highest BCUT2D eigenvalue weighted by Gasteiger charge is 2.26. The monoisotopic (exact) mass is 344 g/mol. The van der Waals surface area contributed by atoms with Gasteiger partial charge in [-0.25, -0.2) is 4.39 Å². The van der Waals surface area contributed by atoms with E-state index < -0.39 is 5.41 Å². The summed E-state index contributed by atoms with van der Waals surface area (Å²) in [5.41, 5.74) is 0.104. The first-order chi connectivity index (χ1) is 9.04. The minimum Gasteiger partial charge on any atom is -0.465 e. The van der Waals surface area contributed by atoms with Crippen LogP contribution in [0.5, 0.6) is 0 Å². The Morgan fingerprint density at radius 3 is 2.40 bits per heavy atom. The van der Waals surface area contributed by atoms with Crippen LogP contribution >= 0.6 is 15.9 Å². The molecule has 4 heteroatoms. The number of carbonyl (C=O) groups excluding carboxylic acids is 1. The molecule has 0 aliphatic rings. The first-order valence-corrected chi connectivity index (χ1v) is 7.46. The second-order valence-electron chi connectivity index (χ2n) is 6.64. The van der Waals surface area contributed by atoms with Crippen LogP contribution in [-0.4, -0.2) is 12.6 Å². The summed E-state index contributed by atoms with van der Waals surface area (Å²) in [5.74, 6) is -0.477. The molecule has 20 heavy (non-hydrogen) atoms. The van der Waals surface area contributed by atoms with Crippen molar-refractivity contribution in [1.82, 2.24) is 0 Å². The maximum absolute atomic E-state index is 13.4. The van der Waals surface area contributed by atoms with E-state index in [1.165, 1.54) is 12.1 Å². The largest absolute Gasteiger partial charge is 0.465 e. The molecule has 0 heterocycles. The molecule has 0 saturated carbocycles. The lowest BCUT2D eigenvalue weighted by Gasteiger charge is -2.27. The van der Waals surface area contributed by atoms with Gasteiger partial charge >= 0.3 is 5.97 Å². The average Bonchev–Trinajstić information content (AvgIpc) is 2.30. The van der Waals surface area contributed by atoms with Crippen molar-refractivity contribution >= 4 is 21.9 Å². The minimum atomic E-state index is -0.496. The fourth-order valence-electron chi connectivity index (χ4n) is 1.77. The first kappa shape index (κ1) is 17.2. The third kappa shape index (κ3) is 4.58. The Morgan fingerprint density at radius 2 is 1.85 bits per heavy atom. The van der Waals surface area contributed by atoms with Crippen LogP contribution in [0.1, 0.15) is 46.6 Å². The Bertz CT molecular complexity index is 490. The lowest BCUT2D eigenvalue weighted by molar-refractivity contribution is -0.153. The van der Waals surface area contributed by atoms with Gasteiger partial charge in [-0.2, -0.15) is 0 Å². The zero-order valence-corrected chi connectivity index (χ0v) is 14.3. The van der Waals surface area contributed by atoms with Gasteiger partial charge in [-0.15, -0.1) is 0 Å². The summed E-state index contributed by atoms with van der Waals surface area (Å²) < 4.78 is 19.5. The quantitative estimate of drug-likeness (QED) is 0.730. The second-order valence-corrected chi connectivity index (χ2v) is 7.50. The highest BCUT2D eigenvalue weighted by Crippen LogP contribution is 2.33. The maximum Gasteiger partial charge on any atom is 0.311 e. The molecule has 0 spiro atoms. The van der Waals surface area contributed by atoms with E-state index in [1.807, 2.05) is 34.6 Å². The van der Waals surface area contributed by atoms with Gasteiger partial charge in [0.2, 0.25) is 0 Å². The molecule has 1 aromatic rings. The summed E-state index contributed by atoms with van der Waals surface area (Å²) in [6.45, 7) is 9.82. The van der Waals surface area contributed by atoms with Crippen molar-refractivity contribution in [2.45, 2.75) is 46.5 Å². The van der Waals surface area contributed by atoms with E-state index in [4.69, 9.17) is 4.74 Å². The molecule has 0 bridgehead atoms. The van der Waals surface area contributed by atoms with Gasteiger partial charge in [0.05, 0.1) is 12.0 Å². The molecule has 1 aromatic carbocycles. The van der Waals surface area contributed by atoms with Crippen LogP contribution in [0.2, 0.25) is 0 Å². The average molecular weight is 345 g/mol. The van der Waals surface area contributed by atoms with E-state index >= 15 is 0 Å². The molecule has 0 aliphatic carbocycles. The fourth-order valence-corrected chi connectivity index (χ4v) is 2.55. The molecule has 0 fully saturated rings. The van der Waals surface area contributed by atoms with Crippen LogP contribution in [-0.2, 0) is 14.9 Å². The first-order valence-electron chi connectivity index (χ1n) is 6.67. The minimum absolute atomic E-state index is 0.216. The van der Waals surface area contributed by atoms with Gasteiger partial charge in [-0.05, 0) is 56.4 Å². The third-order valence-corrected chi connectivity index (χ3v) is 3.92. The van der Waals surface area contributed by atoms with Gasteiger partial charge < -0.3 is 4.74 Å². The molecule has 0 unspecified atom stereocenters. The van der Waals surface area contributed by atoms with Crippen molar-refractivity contribution < 1.29 is 13.9 Å². The zero-order chi connectivity index (χ0) is 15.6. The van der Waals surface area contributed by atoms with Crippen LogP contribution in [0.15, 0.2) is 22.7 Å². The second kappa shape index (κ2) is 6.25. The van der Waals surface area contributed by atoms with E-state index in [0.717, 1.165) is 10.0 Å². The van der Waals surface area contributed by atoms with E-state index in [2.05, 4.69) is 15.9 Å². The normalized spacial score (nSPS) is 12.3. The molecular weight excluding hydrogens is 323 g/mol. The van der Waals surface area contributed by atoms with Crippen LogP contribution in [0.4, 0.5) is 4.39 Å². The number of carbonyl (C=O) groups is 1. The van der Waals surface area contributed by atoms with Crippen molar-refractivity contribution in [2.24, 2.45) is 5.41 Å². The predicted octanol–water partition coefficient (Wildman–Crippen LogP) is 4.85. The molecular formula is C16H22BrFO2. The molecule has 0 atom stereocenters. The third-order valence-electron chi connectivity index (χ3n) is 3.23. The van der Waals surface area contributed by atoms with Gasteiger partial charge in [0.1, 0.15) is 5.82 Å². The molecule has 0 saturated heterocycles. The van der Waals surface area contributed by atoms with Crippen molar-refractivity contribution in [3.05, 3.63) is 34.1 Å². The zero-order valence-electron chi connectivity index (χ0n) is 12.7. The Morgan fingerprint density at radius 1 is 1.25 bits per heavy atom. The van der Waals surface area contributed by atoms with Crippen LogP contribution in [0.3, 0.4) is 0 Å². The standard InChI is InChI=1S/C16H22BrFO2/c1-15(2,3)14(19)20-9-8-16(4,5)12-10-11(18)6-7-13(12)17/h6-7,10H,8-9H2,1-5H3. The van der Waals surface area contributed by atoms with E-state index in [0.29, 0.717) is 13.0 Å². The van der Waals surface area contributed by atoms with E-state index in [1.54, 1.807) is 6.07 Å². The smallest absolute Gasteiger partial charge is 0.311 e. The highest BCUT2D eigenvalue weighted by atomic mass is 79.9. The molecule has 1 rings (SSSR count). The lowest BCUT2D eigenvalue weighted by atomic mass is 9.82. The molecule has 2 nitrogen and oxygen atoms in total. The summed E-state index contributed by atoms with van der Waals surface area (Å²) in [4.78, 5) is 11.7. The molecule has 0 radical (unpaired) electrons. The van der Waals surface area contributed by atoms with Crippen molar-refractivity contribution in [1.29, 1.82) is 0 Å². The van der Waals surface area contributed by atoms with Gasteiger partial charge in [0.15, 0.2) is 0 Å². The van der Waals surface area contributed by atoms with Crippen LogP contribution in [0.25, 0.3) is 0 Å². The Balaban J connectivity index is 2.71. The number of hydrogen-bond donors (Lipinski definition) is 0. The van der Waals surface area contributed by atoms with E-state index in [-0.39, 0.29) is 17.2 Å². The lowest BCUT2D eigenvalue weighted by Crippen LogP contribution is -2.26. The van der Waals surface area contributed by atoms with Crippen LogP contribution < -0.4 is 0 Å². The summed E-state index contributed by atoms with van der Waals surface area (Å²) in [7, 11) is 0. The van der Waals surface area contributed by atoms with Gasteiger partial charge in [0.25, 0.3) is 0 Å². The summed E-state index contributed by atoms with van der Waals surface area (Å²) in [5, 5.41) is 0. The predicted molar refractivity (Wildman–Crippen MR) is 82.2 cm³/mol. The number of hydrogen-bond acceptors (Lipinski definition) is 2. The number of esters is 1.